The van der Waals surface area contributed by atoms with Crippen molar-refractivity contribution in [3.63, 3.8) is 0 Å². The summed E-state index contributed by atoms with van der Waals surface area (Å²) < 4.78 is 5.05. The smallest absolute Gasteiger partial charge is 0.0953 e. The van der Waals surface area contributed by atoms with Crippen LogP contribution in [0.2, 0.25) is 0 Å². The highest BCUT2D eigenvalue weighted by Gasteiger charge is 2.12. The Morgan fingerprint density at radius 2 is 2.00 bits per heavy atom. The maximum Gasteiger partial charge on any atom is 0.0953 e. The maximum absolute atomic E-state index is 6.17. The van der Waals surface area contributed by atoms with Gasteiger partial charge in [-0.15, -0.1) is 0 Å². The van der Waals surface area contributed by atoms with Crippen molar-refractivity contribution in [2.75, 3.05) is 0 Å². The van der Waals surface area contributed by atoms with Gasteiger partial charge in [0.2, 0.25) is 0 Å². The molecule has 0 radical (unpaired) electrons. The Balaban J connectivity index is 2.41. The summed E-state index contributed by atoms with van der Waals surface area (Å²) in [5, 5.41) is 0. The van der Waals surface area contributed by atoms with Crippen molar-refractivity contribution in [2.24, 2.45) is 5.73 Å². The van der Waals surface area contributed by atoms with Crippen molar-refractivity contribution in [1.82, 2.24) is 0 Å². The van der Waals surface area contributed by atoms with Gasteiger partial charge in [-0.05, 0) is 31.0 Å². The molecule has 1 unspecified atom stereocenters. The van der Waals surface area contributed by atoms with Crippen LogP contribution in [0.1, 0.15) is 28.3 Å². The third-order valence-corrected chi connectivity index (χ3v) is 2.67. The zero-order chi connectivity index (χ0) is 10.8. The largest absolute Gasteiger partial charge is 0.472 e. The minimum absolute atomic E-state index is 0.0938. The van der Waals surface area contributed by atoms with Gasteiger partial charge >= 0.3 is 0 Å². The number of hydrogen-bond acceptors (Lipinski definition) is 2. The van der Waals surface area contributed by atoms with Crippen molar-refractivity contribution in [3.05, 3.63) is 59.0 Å². The average Bonchev–Trinajstić information content (AvgIpc) is 2.74. The summed E-state index contributed by atoms with van der Waals surface area (Å²) in [4.78, 5) is 0. The van der Waals surface area contributed by atoms with Crippen LogP contribution in [0.4, 0.5) is 0 Å². The molecule has 1 atom stereocenters. The van der Waals surface area contributed by atoms with E-state index in [1.165, 1.54) is 11.1 Å². The SMILES string of the molecule is Cc1ccc(C)c(C(N)c2ccoc2)c1. The summed E-state index contributed by atoms with van der Waals surface area (Å²) in [6.07, 6.45) is 3.35. The zero-order valence-electron chi connectivity index (χ0n) is 9.03. The molecular formula is C13H15NO. The molecular weight excluding hydrogens is 186 g/mol. The van der Waals surface area contributed by atoms with E-state index in [-0.39, 0.29) is 6.04 Å². The zero-order valence-corrected chi connectivity index (χ0v) is 9.03. The van der Waals surface area contributed by atoms with Crippen molar-refractivity contribution in [1.29, 1.82) is 0 Å². The molecule has 0 fully saturated rings. The summed E-state index contributed by atoms with van der Waals surface area (Å²) in [7, 11) is 0. The summed E-state index contributed by atoms with van der Waals surface area (Å²) in [5.41, 5.74) is 10.8. The lowest BCUT2D eigenvalue weighted by atomic mass is 9.96. The Morgan fingerprint density at radius 1 is 1.20 bits per heavy atom. The predicted octanol–water partition coefficient (Wildman–Crippen LogP) is 2.94. The first-order chi connectivity index (χ1) is 7.18. The third-order valence-electron chi connectivity index (χ3n) is 2.67. The second-order valence-corrected chi connectivity index (χ2v) is 3.89. The number of furan rings is 1. The monoisotopic (exact) mass is 201 g/mol. The number of aryl methyl sites for hydroxylation is 2. The molecule has 0 spiro atoms. The van der Waals surface area contributed by atoms with E-state index in [1.807, 2.05) is 6.07 Å². The molecule has 2 aromatic rings. The van der Waals surface area contributed by atoms with Crippen LogP contribution in [0.3, 0.4) is 0 Å². The van der Waals surface area contributed by atoms with Gasteiger partial charge in [-0.3, -0.25) is 0 Å². The first-order valence-electron chi connectivity index (χ1n) is 5.03. The van der Waals surface area contributed by atoms with E-state index in [2.05, 4.69) is 32.0 Å². The standard InChI is InChI=1S/C13H15NO/c1-9-3-4-10(2)12(7-9)13(14)11-5-6-15-8-11/h3-8,13H,14H2,1-2H3. The van der Waals surface area contributed by atoms with Crippen LogP contribution < -0.4 is 5.73 Å². The Labute approximate surface area is 89.7 Å². The van der Waals surface area contributed by atoms with Gasteiger partial charge in [0.05, 0.1) is 18.6 Å². The fourth-order valence-corrected chi connectivity index (χ4v) is 1.73. The Bertz CT molecular complexity index is 446. The minimum Gasteiger partial charge on any atom is -0.472 e. The van der Waals surface area contributed by atoms with E-state index in [0.717, 1.165) is 11.1 Å². The van der Waals surface area contributed by atoms with Crippen molar-refractivity contribution in [3.8, 4) is 0 Å². The minimum atomic E-state index is -0.0938. The molecule has 15 heavy (non-hydrogen) atoms. The maximum atomic E-state index is 6.17. The van der Waals surface area contributed by atoms with Gasteiger partial charge in [0.15, 0.2) is 0 Å². The molecule has 2 N–H and O–H groups in total. The van der Waals surface area contributed by atoms with Gasteiger partial charge in [0.1, 0.15) is 0 Å². The molecule has 2 rings (SSSR count). The van der Waals surface area contributed by atoms with Crippen LogP contribution in [-0.4, -0.2) is 0 Å². The van der Waals surface area contributed by atoms with E-state index in [0.29, 0.717) is 0 Å². The van der Waals surface area contributed by atoms with Gasteiger partial charge in [-0.25, -0.2) is 0 Å². The highest BCUT2D eigenvalue weighted by atomic mass is 16.3. The molecule has 2 heteroatoms. The molecule has 1 aromatic carbocycles. The Morgan fingerprint density at radius 3 is 2.67 bits per heavy atom. The highest BCUT2D eigenvalue weighted by Crippen LogP contribution is 2.23. The number of rotatable bonds is 2. The quantitative estimate of drug-likeness (QED) is 0.811. The van der Waals surface area contributed by atoms with Crippen LogP contribution >= 0.6 is 0 Å². The number of hydrogen-bond donors (Lipinski definition) is 1. The molecule has 78 valence electrons. The van der Waals surface area contributed by atoms with Gasteiger partial charge in [0, 0.05) is 5.56 Å². The van der Waals surface area contributed by atoms with E-state index in [4.69, 9.17) is 10.2 Å². The van der Waals surface area contributed by atoms with Crippen molar-refractivity contribution < 1.29 is 4.42 Å². The molecule has 1 heterocycles. The fraction of sp³-hybridized carbons (Fsp3) is 0.231. The van der Waals surface area contributed by atoms with Crippen LogP contribution in [0.15, 0.2) is 41.2 Å². The molecule has 0 bridgehead atoms. The van der Waals surface area contributed by atoms with Gasteiger partial charge in [0.25, 0.3) is 0 Å². The molecule has 2 nitrogen and oxygen atoms in total. The average molecular weight is 201 g/mol. The second-order valence-electron chi connectivity index (χ2n) is 3.89. The lowest BCUT2D eigenvalue weighted by molar-refractivity contribution is 0.562. The number of benzene rings is 1. The van der Waals surface area contributed by atoms with Crippen LogP contribution in [0.25, 0.3) is 0 Å². The Kier molecular flexibility index (Phi) is 2.60. The predicted molar refractivity (Wildman–Crippen MR) is 60.7 cm³/mol. The van der Waals surface area contributed by atoms with Gasteiger partial charge in [-0.2, -0.15) is 0 Å². The summed E-state index contributed by atoms with van der Waals surface area (Å²) >= 11 is 0. The second kappa shape index (κ2) is 3.91. The molecule has 0 aliphatic heterocycles. The molecule has 0 saturated carbocycles. The summed E-state index contributed by atoms with van der Waals surface area (Å²) in [6, 6.07) is 8.15. The topological polar surface area (TPSA) is 39.2 Å². The normalized spacial score (nSPS) is 12.7. The van der Waals surface area contributed by atoms with Crippen molar-refractivity contribution >= 4 is 0 Å². The van der Waals surface area contributed by atoms with Crippen LogP contribution in [0.5, 0.6) is 0 Å². The van der Waals surface area contributed by atoms with Gasteiger partial charge < -0.3 is 10.2 Å². The lowest BCUT2D eigenvalue weighted by Crippen LogP contribution is -2.12. The molecule has 0 aliphatic carbocycles. The van der Waals surface area contributed by atoms with Crippen LogP contribution in [-0.2, 0) is 0 Å². The highest BCUT2D eigenvalue weighted by molar-refractivity contribution is 5.37. The fourth-order valence-electron chi connectivity index (χ4n) is 1.73. The van der Waals surface area contributed by atoms with E-state index >= 15 is 0 Å². The van der Waals surface area contributed by atoms with Crippen molar-refractivity contribution in [2.45, 2.75) is 19.9 Å². The van der Waals surface area contributed by atoms with E-state index in [1.54, 1.807) is 12.5 Å². The summed E-state index contributed by atoms with van der Waals surface area (Å²) in [6.45, 7) is 4.15. The van der Waals surface area contributed by atoms with E-state index in [9.17, 15) is 0 Å². The van der Waals surface area contributed by atoms with Crippen LogP contribution in [0, 0.1) is 13.8 Å². The first kappa shape index (κ1) is 9.99. The lowest BCUT2D eigenvalue weighted by Gasteiger charge is -2.13. The van der Waals surface area contributed by atoms with E-state index < -0.39 is 0 Å². The molecule has 1 aromatic heterocycles. The van der Waals surface area contributed by atoms with Gasteiger partial charge in [-0.1, -0.05) is 23.8 Å². The first-order valence-corrected chi connectivity index (χ1v) is 5.03. The number of nitrogens with two attached hydrogens (primary N) is 1. The third kappa shape index (κ3) is 1.95. The molecule has 0 saturated heterocycles. The molecule has 0 amide bonds. The molecule has 0 aliphatic rings. The Hall–Kier alpha value is -1.54. The summed E-state index contributed by atoms with van der Waals surface area (Å²) in [5.74, 6) is 0.